The van der Waals surface area contributed by atoms with Crippen LogP contribution in [0.3, 0.4) is 0 Å². The molecule has 0 aliphatic heterocycles. The highest BCUT2D eigenvalue weighted by atomic mass is 19.1. The van der Waals surface area contributed by atoms with Gasteiger partial charge in [0.15, 0.2) is 0 Å². The molecule has 3 heteroatoms. The maximum absolute atomic E-state index is 12.8. The Balaban J connectivity index is 4.55. The minimum Gasteiger partial charge on any atom is -0.463 e. The molecule has 0 aliphatic rings. The quantitative estimate of drug-likeness (QED) is 0.485. The fourth-order valence-corrected chi connectivity index (χ4v) is 0.983. The highest BCUT2D eigenvalue weighted by Crippen LogP contribution is 2.17. The van der Waals surface area contributed by atoms with Gasteiger partial charge in [-0.1, -0.05) is 13.8 Å². The molecule has 12 heavy (non-hydrogen) atoms. The first-order valence-corrected chi connectivity index (χ1v) is 4.04. The minimum absolute atomic E-state index is 0.131. The van der Waals surface area contributed by atoms with E-state index < -0.39 is 11.8 Å². The SMILES string of the molecule is CCOC(=O)/C(=C(/C)F)C(C)C. The van der Waals surface area contributed by atoms with Crippen molar-refractivity contribution in [3.8, 4) is 0 Å². The van der Waals surface area contributed by atoms with Crippen LogP contribution < -0.4 is 0 Å². The molecule has 0 amide bonds. The van der Waals surface area contributed by atoms with E-state index in [-0.39, 0.29) is 18.1 Å². The monoisotopic (exact) mass is 174 g/mol. The second-order valence-corrected chi connectivity index (χ2v) is 2.82. The van der Waals surface area contributed by atoms with Gasteiger partial charge in [0.05, 0.1) is 12.2 Å². The topological polar surface area (TPSA) is 26.3 Å². The van der Waals surface area contributed by atoms with E-state index >= 15 is 0 Å². The van der Waals surface area contributed by atoms with E-state index in [1.54, 1.807) is 20.8 Å². The Morgan fingerprint density at radius 2 is 2.00 bits per heavy atom. The van der Waals surface area contributed by atoms with E-state index in [1.807, 2.05) is 0 Å². The van der Waals surface area contributed by atoms with E-state index in [9.17, 15) is 9.18 Å². The first-order chi connectivity index (χ1) is 5.50. The zero-order valence-corrected chi connectivity index (χ0v) is 7.98. The predicted molar refractivity (Wildman–Crippen MR) is 45.3 cm³/mol. The summed E-state index contributed by atoms with van der Waals surface area (Å²) in [5.74, 6) is -1.13. The van der Waals surface area contributed by atoms with Gasteiger partial charge in [0.25, 0.3) is 0 Å². The summed E-state index contributed by atoms with van der Waals surface area (Å²) in [7, 11) is 0. The fourth-order valence-electron chi connectivity index (χ4n) is 0.983. The van der Waals surface area contributed by atoms with Gasteiger partial charge in [0, 0.05) is 0 Å². The highest BCUT2D eigenvalue weighted by Gasteiger charge is 2.17. The summed E-state index contributed by atoms with van der Waals surface area (Å²) in [4.78, 5) is 11.1. The molecule has 0 heterocycles. The van der Waals surface area contributed by atoms with Crippen LogP contribution in [0.15, 0.2) is 11.4 Å². The maximum Gasteiger partial charge on any atom is 0.336 e. The largest absolute Gasteiger partial charge is 0.463 e. The molecule has 0 aromatic rings. The van der Waals surface area contributed by atoms with Crippen LogP contribution in [-0.2, 0) is 9.53 Å². The molecule has 0 bridgehead atoms. The summed E-state index contributed by atoms with van der Waals surface area (Å²) in [5.41, 5.74) is 0.136. The van der Waals surface area contributed by atoms with Crippen LogP contribution >= 0.6 is 0 Å². The van der Waals surface area contributed by atoms with Crippen LogP contribution in [0.1, 0.15) is 27.7 Å². The summed E-state index contributed by atoms with van der Waals surface area (Å²) in [6.45, 7) is 6.77. The van der Waals surface area contributed by atoms with Crippen molar-refractivity contribution >= 4 is 5.97 Å². The average molecular weight is 174 g/mol. The number of rotatable bonds is 3. The lowest BCUT2D eigenvalue weighted by Gasteiger charge is -2.09. The molecule has 0 N–H and O–H groups in total. The first kappa shape index (κ1) is 11.1. The number of hydrogen-bond donors (Lipinski definition) is 0. The van der Waals surface area contributed by atoms with Crippen molar-refractivity contribution in [2.75, 3.05) is 6.61 Å². The summed E-state index contributed by atoms with van der Waals surface area (Å²) >= 11 is 0. The molecule has 0 aromatic heterocycles. The van der Waals surface area contributed by atoms with Crippen molar-refractivity contribution in [3.63, 3.8) is 0 Å². The Bertz CT molecular complexity index is 191. The van der Waals surface area contributed by atoms with Gasteiger partial charge >= 0.3 is 5.97 Å². The Morgan fingerprint density at radius 3 is 2.25 bits per heavy atom. The molecule has 0 radical (unpaired) electrons. The van der Waals surface area contributed by atoms with Gasteiger partial charge in [-0.25, -0.2) is 9.18 Å². The third-order valence-corrected chi connectivity index (χ3v) is 1.44. The molecule has 0 saturated heterocycles. The fraction of sp³-hybridized carbons (Fsp3) is 0.667. The standard InChI is InChI=1S/C9H15FO2/c1-5-12-9(11)8(6(2)3)7(4)10/h6H,5H2,1-4H3/b8-7-. The number of ether oxygens (including phenoxy) is 1. The molecular formula is C9H15FO2. The van der Waals surface area contributed by atoms with Crippen LogP contribution in [0.2, 0.25) is 0 Å². The van der Waals surface area contributed by atoms with Crippen LogP contribution in [0, 0.1) is 5.92 Å². The number of allylic oxidation sites excluding steroid dienone is 1. The number of carbonyl (C=O) groups is 1. The zero-order chi connectivity index (χ0) is 9.72. The average Bonchev–Trinajstić information content (AvgIpc) is 1.85. The summed E-state index contributed by atoms with van der Waals surface area (Å²) in [6, 6.07) is 0. The summed E-state index contributed by atoms with van der Waals surface area (Å²) in [5, 5.41) is 0. The molecular weight excluding hydrogens is 159 g/mol. The van der Waals surface area contributed by atoms with Crippen molar-refractivity contribution in [1.82, 2.24) is 0 Å². The third kappa shape index (κ3) is 3.03. The van der Waals surface area contributed by atoms with Gasteiger partial charge in [-0.2, -0.15) is 0 Å². The van der Waals surface area contributed by atoms with Crippen molar-refractivity contribution < 1.29 is 13.9 Å². The smallest absolute Gasteiger partial charge is 0.336 e. The van der Waals surface area contributed by atoms with E-state index in [2.05, 4.69) is 4.74 Å². The van der Waals surface area contributed by atoms with Gasteiger partial charge in [-0.15, -0.1) is 0 Å². The lowest BCUT2D eigenvalue weighted by molar-refractivity contribution is -0.139. The van der Waals surface area contributed by atoms with Gasteiger partial charge in [-0.05, 0) is 19.8 Å². The Labute approximate surface area is 72.4 Å². The molecule has 0 rings (SSSR count). The second kappa shape index (κ2) is 4.91. The van der Waals surface area contributed by atoms with Crippen molar-refractivity contribution in [1.29, 1.82) is 0 Å². The Kier molecular flexibility index (Phi) is 4.55. The van der Waals surface area contributed by atoms with Gasteiger partial charge in [0.2, 0.25) is 0 Å². The highest BCUT2D eigenvalue weighted by molar-refractivity contribution is 5.89. The van der Waals surface area contributed by atoms with E-state index in [4.69, 9.17) is 0 Å². The van der Waals surface area contributed by atoms with E-state index in [0.717, 1.165) is 0 Å². The van der Waals surface area contributed by atoms with Gasteiger partial charge in [-0.3, -0.25) is 0 Å². The van der Waals surface area contributed by atoms with Crippen LogP contribution in [0.5, 0.6) is 0 Å². The van der Waals surface area contributed by atoms with Gasteiger partial charge < -0.3 is 4.74 Å². The first-order valence-electron chi connectivity index (χ1n) is 4.04. The number of halogens is 1. The lowest BCUT2D eigenvalue weighted by atomic mass is 10.0. The van der Waals surface area contributed by atoms with Crippen molar-refractivity contribution in [2.24, 2.45) is 5.92 Å². The van der Waals surface area contributed by atoms with E-state index in [1.165, 1.54) is 6.92 Å². The summed E-state index contributed by atoms with van der Waals surface area (Å²) < 4.78 is 17.5. The minimum atomic E-state index is -0.549. The predicted octanol–water partition coefficient (Wildman–Crippen LogP) is 2.45. The Morgan fingerprint density at radius 1 is 1.50 bits per heavy atom. The van der Waals surface area contributed by atoms with Crippen molar-refractivity contribution in [2.45, 2.75) is 27.7 Å². The van der Waals surface area contributed by atoms with Crippen molar-refractivity contribution in [3.05, 3.63) is 11.4 Å². The molecule has 0 spiro atoms. The molecule has 0 atom stereocenters. The molecule has 0 fully saturated rings. The number of esters is 1. The number of hydrogen-bond acceptors (Lipinski definition) is 2. The van der Waals surface area contributed by atoms with Crippen LogP contribution in [-0.4, -0.2) is 12.6 Å². The van der Waals surface area contributed by atoms with Crippen LogP contribution in [0.25, 0.3) is 0 Å². The van der Waals surface area contributed by atoms with E-state index in [0.29, 0.717) is 0 Å². The second-order valence-electron chi connectivity index (χ2n) is 2.82. The van der Waals surface area contributed by atoms with Crippen LogP contribution in [0.4, 0.5) is 4.39 Å². The third-order valence-electron chi connectivity index (χ3n) is 1.44. The number of carbonyl (C=O) groups excluding carboxylic acids is 1. The maximum atomic E-state index is 12.8. The zero-order valence-electron chi connectivity index (χ0n) is 7.98. The molecule has 0 aromatic carbocycles. The molecule has 0 aliphatic carbocycles. The molecule has 0 unspecified atom stereocenters. The normalized spacial score (nSPS) is 12.8. The summed E-state index contributed by atoms with van der Waals surface area (Å²) in [6.07, 6.45) is 0. The van der Waals surface area contributed by atoms with Gasteiger partial charge in [0.1, 0.15) is 5.83 Å². The molecule has 2 nitrogen and oxygen atoms in total. The Hall–Kier alpha value is -0.860. The molecule has 70 valence electrons. The molecule has 0 saturated carbocycles. The lowest BCUT2D eigenvalue weighted by Crippen LogP contribution is -2.13.